The molecule has 3 heterocycles. The molecule has 1 N–H and O–H groups in total. The van der Waals surface area contributed by atoms with E-state index in [0.29, 0.717) is 6.04 Å². The number of aryl methyl sites for hydroxylation is 1. The highest BCUT2D eigenvalue weighted by Crippen LogP contribution is 2.33. The van der Waals surface area contributed by atoms with Gasteiger partial charge in [-0.1, -0.05) is 0 Å². The number of aromatic nitrogens is 3. The van der Waals surface area contributed by atoms with Gasteiger partial charge in [0.2, 0.25) is 0 Å². The van der Waals surface area contributed by atoms with E-state index in [1.165, 1.54) is 0 Å². The van der Waals surface area contributed by atoms with Crippen LogP contribution in [0.1, 0.15) is 38.4 Å². The maximum Gasteiger partial charge on any atom is 0.179 e. The molecule has 0 spiro atoms. The van der Waals surface area contributed by atoms with Crippen molar-refractivity contribution in [1.82, 2.24) is 14.5 Å². The summed E-state index contributed by atoms with van der Waals surface area (Å²) in [6, 6.07) is 4.42. The zero-order chi connectivity index (χ0) is 13.6. The van der Waals surface area contributed by atoms with Crippen molar-refractivity contribution < 1.29 is 4.74 Å². The quantitative estimate of drug-likeness (QED) is 0.811. The molecule has 0 radical (unpaired) electrons. The number of nitrogens with one attached hydrogen (secondary N) is 1. The third-order valence-corrected chi connectivity index (χ3v) is 4.04. The summed E-state index contributed by atoms with van der Waals surface area (Å²) in [7, 11) is 0. The Morgan fingerprint density at radius 1 is 1.47 bits per heavy atom. The second kappa shape index (κ2) is 4.42. The molecule has 1 saturated heterocycles. The second-order valence-electron chi connectivity index (χ2n) is 5.88. The fraction of sp³-hybridized carbons (Fsp3) is 0.571. The molecule has 0 saturated carbocycles. The number of hydrogen-bond donors (Lipinski definition) is 1. The van der Waals surface area contributed by atoms with E-state index in [4.69, 9.17) is 17.0 Å². The van der Waals surface area contributed by atoms with Crippen LogP contribution in [0.3, 0.4) is 0 Å². The summed E-state index contributed by atoms with van der Waals surface area (Å²) in [5, 5.41) is 0. The van der Waals surface area contributed by atoms with Crippen molar-refractivity contribution in [3.05, 3.63) is 22.6 Å². The lowest BCUT2D eigenvalue weighted by atomic mass is 9.94. The molecular formula is C14H19N3OS. The molecule has 1 aliphatic rings. The second-order valence-corrected chi connectivity index (χ2v) is 6.27. The molecule has 2 aromatic rings. The maximum atomic E-state index is 5.79. The molecule has 1 aliphatic heterocycles. The van der Waals surface area contributed by atoms with Gasteiger partial charge in [0.25, 0.3) is 0 Å². The van der Waals surface area contributed by atoms with E-state index in [0.717, 1.165) is 41.1 Å². The first-order valence-electron chi connectivity index (χ1n) is 6.68. The number of aromatic amines is 1. The SMILES string of the molecule is Cc1ccc2[nH]c(=S)n(C3CCOC(C)(C)C3)c2n1. The standard InChI is InChI=1S/C14H19N3OS/c1-9-4-5-11-12(15-9)17(13(19)16-11)10-6-7-18-14(2,3)8-10/h4-5,10H,6-8H2,1-3H3,(H,16,19). The van der Waals surface area contributed by atoms with Gasteiger partial charge in [0.15, 0.2) is 10.4 Å². The molecule has 0 aliphatic carbocycles. The van der Waals surface area contributed by atoms with Crippen LogP contribution in [-0.2, 0) is 4.74 Å². The lowest BCUT2D eigenvalue weighted by Gasteiger charge is -2.36. The molecule has 2 aromatic heterocycles. The molecule has 1 fully saturated rings. The van der Waals surface area contributed by atoms with Crippen LogP contribution in [0.5, 0.6) is 0 Å². The van der Waals surface area contributed by atoms with Gasteiger partial charge >= 0.3 is 0 Å². The highest BCUT2D eigenvalue weighted by atomic mass is 32.1. The molecule has 5 heteroatoms. The zero-order valence-corrected chi connectivity index (χ0v) is 12.4. The highest BCUT2D eigenvalue weighted by molar-refractivity contribution is 7.71. The number of ether oxygens (including phenoxy) is 1. The summed E-state index contributed by atoms with van der Waals surface area (Å²) in [6.07, 6.45) is 1.95. The van der Waals surface area contributed by atoms with E-state index < -0.39 is 0 Å². The van der Waals surface area contributed by atoms with Crippen molar-refractivity contribution >= 4 is 23.4 Å². The monoisotopic (exact) mass is 277 g/mol. The molecule has 0 aromatic carbocycles. The zero-order valence-electron chi connectivity index (χ0n) is 11.6. The molecule has 0 bridgehead atoms. The molecule has 3 rings (SSSR count). The predicted molar refractivity (Wildman–Crippen MR) is 78.0 cm³/mol. The number of pyridine rings is 1. The number of fused-ring (bicyclic) bond motifs is 1. The van der Waals surface area contributed by atoms with Crippen LogP contribution < -0.4 is 0 Å². The largest absolute Gasteiger partial charge is 0.375 e. The fourth-order valence-electron chi connectivity index (χ4n) is 2.85. The van der Waals surface area contributed by atoms with Gasteiger partial charge in [0.1, 0.15) is 0 Å². The van der Waals surface area contributed by atoms with E-state index in [2.05, 4.69) is 34.4 Å². The van der Waals surface area contributed by atoms with Gasteiger partial charge in [-0.05, 0) is 58.0 Å². The Kier molecular flexibility index (Phi) is 2.98. The Balaban J connectivity index is 2.11. The van der Waals surface area contributed by atoms with Crippen molar-refractivity contribution in [1.29, 1.82) is 0 Å². The number of hydrogen-bond acceptors (Lipinski definition) is 3. The van der Waals surface area contributed by atoms with Gasteiger partial charge in [0.05, 0.1) is 11.1 Å². The number of H-pyrrole nitrogens is 1. The minimum atomic E-state index is -0.0922. The lowest BCUT2D eigenvalue weighted by molar-refractivity contribution is -0.0687. The summed E-state index contributed by atoms with van der Waals surface area (Å²) < 4.78 is 8.72. The van der Waals surface area contributed by atoms with Crippen LogP contribution in [0.15, 0.2) is 12.1 Å². The maximum absolute atomic E-state index is 5.79. The normalized spacial score (nSPS) is 22.8. The summed E-state index contributed by atoms with van der Waals surface area (Å²) in [4.78, 5) is 7.90. The minimum absolute atomic E-state index is 0.0922. The van der Waals surface area contributed by atoms with Crippen LogP contribution in [0.2, 0.25) is 0 Å². The smallest absolute Gasteiger partial charge is 0.179 e. The molecule has 1 atom stereocenters. The van der Waals surface area contributed by atoms with Crippen LogP contribution in [0.4, 0.5) is 0 Å². The average molecular weight is 277 g/mol. The molecule has 102 valence electrons. The lowest BCUT2D eigenvalue weighted by Crippen LogP contribution is -2.35. The molecular weight excluding hydrogens is 258 g/mol. The first-order chi connectivity index (χ1) is 8.96. The summed E-state index contributed by atoms with van der Waals surface area (Å²) in [5.41, 5.74) is 2.90. The van der Waals surface area contributed by atoms with Crippen molar-refractivity contribution in [3.8, 4) is 0 Å². The fourth-order valence-corrected chi connectivity index (χ4v) is 3.20. The van der Waals surface area contributed by atoms with Gasteiger partial charge in [-0.25, -0.2) is 4.98 Å². The molecule has 1 unspecified atom stereocenters. The highest BCUT2D eigenvalue weighted by Gasteiger charge is 2.31. The van der Waals surface area contributed by atoms with Crippen LogP contribution in [-0.4, -0.2) is 26.7 Å². The molecule has 0 amide bonds. The van der Waals surface area contributed by atoms with E-state index in [9.17, 15) is 0 Å². The van der Waals surface area contributed by atoms with Gasteiger partial charge < -0.3 is 9.72 Å². The summed E-state index contributed by atoms with van der Waals surface area (Å²) in [5.74, 6) is 0. The summed E-state index contributed by atoms with van der Waals surface area (Å²) >= 11 is 5.48. The number of nitrogens with zero attached hydrogens (tertiary/aromatic N) is 2. The topological polar surface area (TPSA) is 42.8 Å². The van der Waals surface area contributed by atoms with Crippen LogP contribution in [0, 0.1) is 11.7 Å². The Labute approximate surface area is 117 Å². The van der Waals surface area contributed by atoms with E-state index in [-0.39, 0.29) is 5.60 Å². The van der Waals surface area contributed by atoms with Gasteiger partial charge in [-0.3, -0.25) is 4.57 Å². The van der Waals surface area contributed by atoms with Gasteiger partial charge in [0, 0.05) is 18.3 Å². The van der Waals surface area contributed by atoms with E-state index >= 15 is 0 Å². The number of rotatable bonds is 1. The Morgan fingerprint density at radius 2 is 2.26 bits per heavy atom. The van der Waals surface area contributed by atoms with Crippen molar-refractivity contribution in [2.75, 3.05) is 6.61 Å². The van der Waals surface area contributed by atoms with E-state index in [1.807, 2.05) is 13.0 Å². The third-order valence-electron chi connectivity index (χ3n) is 3.74. The van der Waals surface area contributed by atoms with Crippen molar-refractivity contribution in [3.63, 3.8) is 0 Å². The van der Waals surface area contributed by atoms with Gasteiger partial charge in [-0.2, -0.15) is 0 Å². The number of imidazole rings is 1. The molecule has 4 nitrogen and oxygen atoms in total. The van der Waals surface area contributed by atoms with Crippen LogP contribution >= 0.6 is 12.2 Å². The van der Waals surface area contributed by atoms with Crippen molar-refractivity contribution in [2.45, 2.75) is 45.3 Å². The Hall–Kier alpha value is -1.20. The first kappa shape index (κ1) is 12.8. The van der Waals surface area contributed by atoms with Crippen LogP contribution in [0.25, 0.3) is 11.2 Å². The Morgan fingerprint density at radius 3 is 3.00 bits per heavy atom. The van der Waals surface area contributed by atoms with Gasteiger partial charge in [-0.15, -0.1) is 0 Å². The predicted octanol–water partition coefficient (Wildman–Crippen LogP) is 3.53. The first-order valence-corrected chi connectivity index (χ1v) is 7.09. The minimum Gasteiger partial charge on any atom is -0.375 e. The van der Waals surface area contributed by atoms with E-state index in [1.54, 1.807) is 0 Å². The average Bonchev–Trinajstić information content (AvgIpc) is 2.63. The Bertz CT molecular complexity index is 671. The molecule has 19 heavy (non-hydrogen) atoms. The van der Waals surface area contributed by atoms with Crippen molar-refractivity contribution in [2.24, 2.45) is 0 Å². The summed E-state index contributed by atoms with van der Waals surface area (Å²) in [6.45, 7) is 7.05. The third kappa shape index (κ3) is 2.32.